The molecule has 22 heavy (non-hydrogen) atoms. The molecule has 3 N–H and O–H groups in total. The third-order valence-electron chi connectivity index (χ3n) is 3.04. The summed E-state index contributed by atoms with van der Waals surface area (Å²) in [7, 11) is 0. The number of amides is 1. The average Bonchev–Trinajstić information content (AvgIpc) is 2.55. The smallest absolute Gasteiger partial charge is 0.337 e. The summed E-state index contributed by atoms with van der Waals surface area (Å²) >= 11 is 1.57. The van der Waals surface area contributed by atoms with E-state index in [1.807, 2.05) is 18.4 Å². The first-order valence-electron chi connectivity index (χ1n) is 6.38. The maximum absolute atomic E-state index is 12.2. The summed E-state index contributed by atoms with van der Waals surface area (Å²) in [6.45, 7) is 0. The lowest BCUT2D eigenvalue weighted by Crippen LogP contribution is -2.15. The fourth-order valence-corrected chi connectivity index (χ4v) is 2.28. The minimum atomic E-state index is -1.16. The van der Waals surface area contributed by atoms with E-state index in [1.54, 1.807) is 30.0 Å². The van der Waals surface area contributed by atoms with Crippen LogP contribution in [-0.4, -0.2) is 29.5 Å². The number of hydrogen-bond acceptors (Lipinski definition) is 4. The monoisotopic (exact) mass is 314 g/mol. The molecule has 0 aromatic heterocycles. The molecule has 0 fully saturated rings. The van der Waals surface area contributed by atoms with Gasteiger partial charge in [0, 0.05) is 16.7 Å². The normalized spacial score (nSPS) is 10.0. The second-order valence-electron chi connectivity index (χ2n) is 4.44. The number of benzene rings is 2. The number of thioether (sulfide) groups is 1. The minimum absolute atomic E-state index is 0.0462. The van der Waals surface area contributed by atoms with Crippen molar-refractivity contribution in [2.24, 2.45) is 0 Å². The van der Waals surface area contributed by atoms with Crippen molar-refractivity contribution in [1.29, 1.82) is 5.41 Å². The molecule has 112 valence electrons. The molecule has 0 heterocycles. The molecule has 0 atom stereocenters. The van der Waals surface area contributed by atoms with Crippen LogP contribution in [0.15, 0.2) is 47.4 Å². The van der Waals surface area contributed by atoms with Crippen molar-refractivity contribution in [3.8, 4) is 0 Å². The van der Waals surface area contributed by atoms with Crippen LogP contribution in [0.1, 0.15) is 26.3 Å². The Morgan fingerprint density at radius 1 is 1.18 bits per heavy atom. The summed E-state index contributed by atoms with van der Waals surface area (Å²) in [6.07, 6.45) is 3.00. The van der Waals surface area contributed by atoms with E-state index < -0.39 is 5.97 Å². The van der Waals surface area contributed by atoms with Gasteiger partial charge in [0.05, 0.1) is 11.3 Å². The van der Waals surface area contributed by atoms with Crippen LogP contribution in [0.4, 0.5) is 5.69 Å². The van der Waals surface area contributed by atoms with Crippen LogP contribution in [0.25, 0.3) is 0 Å². The largest absolute Gasteiger partial charge is 0.478 e. The molecule has 0 unspecified atom stereocenters. The number of carbonyl (C=O) groups excluding carboxylic acids is 1. The van der Waals surface area contributed by atoms with E-state index in [9.17, 15) is 14.7 Å². The molecule has 0 aliphatic carbocycles. The lowest BCUT2D eigenvalue weighted by molar-refractivity contribution is 0.0698. The van der Waals surface area contributed by atoms with Gasteiger partial charge in [-0.3, -0.25) is 4.79 Å². The first kappa shape index (κ1) is 15.8. The number of anilines is 1. The highest BCUT2D eigenvalue weighted by atomic mass is 32.2. The highest BCUT2D eigenvalue weighted by molar-refractivity contribution is 7.98. The average molecular weight is 314 g/mol. The summed E-state index contributed by atoms with van der Waals surface area (Å²) in [5.41, 5.74) is 1.07. The van der Waals surface area contributed by atoms with Crippen LogP contribution < -0.4 is 5.32 Å². The van der Waals surface area contributed by atoms with Gasteiger partial charge in [-0.25, -0.2) is 4.79 Å². The molecule has 2 aromatic carbocycles. The van der Waals surface area contributed by atoms with E-state index >= 15 is 0 Å². The zero-order valence-corrected chi connectivity index (χ0v) is 12.6. The van der Waals surface area contributed by atoms with Crippen molar-refractivity contribution in [1.82, 2.24) is 0 Å². The lowest BCUT2D eigenvalue weighted by Gasteiger charge is -2.09. The molecule has 1 amide bonds. The van der Waals surface area contributed by atoms with Gasteiger partial charge >= 0.3 is 5.97 Å². The third-order valence-corrected chi connectivity index (χ3v) is 3.78. The topological polar surface area (TPSA) is 90.3 Å². The Morgan fingerprint density at radius 3 is 2.41 bits per heavy atom. The van der Waals surface area contributed by atoms with Crippen LogP contribution in [0.2, 0.25) is 0 Å². The number of hydrogen-bond donors (Lipinski definition) is 3. The van der Waals surface area contributed by atoms with E-state index in [4.69, 9.17) is 5.41 Å². The van der Waals surface area contributed by atoms with Gasteiger partial charge < -0.3 is 15.8 Å². The van der Waals surface area contributed by atoms with Gasteiger partial charge in [-0.2, -0.15) is 0 Å². The molecule has 5 nitrogen and oxygen atoms in total. The lowest BCUT2D eigenvalue weighted by atomic mass is 10.1. The number of carboxylic acids is 1. The molecule has 0 bridgehead atoms. The standard InChI is InChI=1S/C16H14N2O3S/c1-22-12-5-3-11(4-6-12)15(19)18-14-7-2-10(9-17)8-13(14)16(20)21/h2-9,17H,1H3,(H,18,19)(H,20,21). The molecule has 0 radical (unpaired) electrons. The van der Waals surface area contributed by atoms with Gasteiger partial charge in [-0.05, 0) is 48.2 Å². The van der Waals surface area contributed by atoms with Gasteiger partial charge in [-0.1, -0.05) is 6.07 Å². The summed E-state index contributed by atoms with van der Waals surface area (Å²) in [4.78, 5) is 24.5. The predicted octanol–water partition coefficient (Wildman–Crippen LogP) is 3.36. The summed E-state index contributed by atoms with van der Waals surface area (Å²) in [5.74, 6) is -1.53. The second kappa shape index (κ2) is 6.91. The van der Waals surface area contributed by atoms with Gasteiger partial charge in [-0.15, -0.1) is 11.8 Å². The van der Waals surface area contributed by atoms with Crippen LogP contribution in [0.3, 0.4) is 0 Å². The Balaban J connectivity index is 2.27. The summed E-state index contributed by atoms with van der Waals surface area (Å²) < 4.78 is 0. The number of nitrogens with one attached hydrogen (secondary N) is 2. The molecule has 2 aromatic rings. The van der Waals surface area contributed by atoms with E-state index in [-0.39, 0.29) is 17.2 Å². The molecule has 2 rings (SSSR count). The number of aromatic carboxylic acids is 1. The maximum atomic E-state index is 12.2. The number of rotatable bonds is 5. The summed E-state index contributed by atoms with van der Waals surface area (Å²) in [6, 6.07) is 11.4. The zero-order chi connectivity index (χ0) is 16.1. The van der Waals surface area contributed by atoms with E-state index in [2.05, 4.69) is 5.32 Å². The first-order valence-corrected chi connectivity index (χ1v) is 7.61. The Kier molecular flexibility index (Phi) is 4.95. The van der Waals surface area contributed by atoms with E-state index in [0.717, 1.165) is 11.1 Å². The van der Waals surface area contributed by atoms with Crippen LogP contribution >= 0.6 is 11.8 Å². The van der Waals surface area contributed by atoms with E-state index in [0.29, 0.717) is 11.1 Å². The molecule has 0 saturated heterocycles. The molecule has 0 aliphatic heterocycles. The quantitative estimate of drug-likeness (QED) is 0.583. The van der Waals surface area contributed by atoms with Crippen molar-refractivity contribution in [2.45, 2.75) is 4.90 Å². The fourth-order valence-electron chi connectivity index (χ4n) is 1.87. The van der Waals surface area contributed by atoms with Crippen LogP contribution in [-0.2, 0) is 0 Å². The number of carboxylic acid groups (broad SMARTS) is 1. The Hall–Kier alpha value is -2.60. The molecular weight excluding hydrogens is 300 g/mol. The van der Waals surface area contributed by atoms with Crippen molar-refractivity contribution in [3.63, 3.8) is 0 Å². The molecule has 0 spiro atoms. The van der Waals surface area contributed by atoms with Gasteiger partial charge in [0.1, 0.15) is 0 Å². The van der Waals surface area contributed by atoms with Crippen LogP contribution in [0.5, 0.6) is 0 Å². The zero-order valence-electron chi connectivity index (χ0n) is 11.8. The van der Waals surface area contributed by atoms with Crippen LogP contribution in [0, 0.1) is 5.41 Å². The van der Waals surface area contributed by atoms with Gasteiger partial charge in [0.2, 0.25) is 0 Å². The summed E-state index contributed by atoms with van der Waals surface area (Å²) in [5, 5.41) is 19.0. The van der Waals surface area contributed by atoms with Crippen molar-refractivity contribution >= 4 is 35.5 Å². The second-order valence-corrected chi connectivity index (χ2v) is 5.32. The van der Waals surface area contributed by atoms with E-state index in [1.165, 1.54) is 12.1 Å². The minimum Gasteiger partial charge on any atom is -0.478 e. The van der Waals surface area contributed by atoms with Crippen molar-refractivity contribution in [2.75, 3.05) is 11.6 Å². The molecule has 6 heteroatoms. The molecule has 0 saturated carbocycles. The Bertz CT molecular complexity index is 727. The van der Waals surface area contributed by atoms with Gasteiger partial charge in [0.25, 0.3) is 5.91 Å². The highest BCUT2D eigenvalue weighted by Gasteiger charge is 2.14. The number of carbonyl (C=O) groups is 2. The highest BCUT2D eigenvalue weighted by Crippen LogP contribution is 2.19. The Labute approximate surface area is 131 Å². The predicted molar refractivity (Wildman–Crippen MR) is 87.5 cm³/mol. The SMILES string of the molecule is CSc1ccc(C(=O)Nc2ccc(C=N)cc2C(=O)O)cc1. The van der Waals surface area contributed by atoms with Crippen molar-refractivity contribution < 1.29 is 14.7 Å². The van der Waals surface area contributed by atoms with Crippen molar-refractivity contribution in [3.05, 3.63) is 59.2 Å². The molecule has 0 aliphatic rings. The molecular formula is C16H14N2O3S. The third kappa shape index (κ3) is 3.53. The maximum Gasteiger partial charge on any atom is 0.337 e. The first-order chi connectivity index (χ1) is 10.5. The Morgan fingerprint density at radius 2 is 1.86 bits per heavy atom. The fraction of sp³-hybridized carbons (Fsp3) is 0.0625. The van der Waals surface area contributed by atoms with Gasteiger partial charge in [0.15, 0.2) is 0 Å².